The quantitative estimate of drug-likeness (QED) is 0.682. The highest BCUT2D eigenvalue weighted by Crippen LogP contribution is 2.15. The Kier molecular flexibility index (Phi) is 7.24. The summed E-state index contributed by atoms with van der Waals surface area (Å²) in [6.45, 7) is 5.42. The van der Waals surface area contributed by atoms with Crippen LogP contribution in [-0.2, 0) is 11.3 Å². The lowest BCUT2D eigenvalue weighted by Crippen LogP contribution is -2.37. The molecule has 1 amide bonds. The van der Waals surface area contributed by atoms with Crippen molar-refractivity contribution >= 4 is 5.91 Å². The summed E-state index contributed by atoms with van der Waals surface area (Å²) in [5, 5.41) is 2.87. The second-order valence-corrected chi connectivity index (χ2v) is 6.43. The van der Waals surface area contributed by atoms with Crippen molar-refractivity contribution in [2.45, 2.75) is 19.4 Å². The molecule has 0 unspecified atom stereocenters. The molecule has 0 saturated carbocycles. The van der Waals surface area contributed by atoms with E-state index >= 15 is 0 Å². The lowest BCUT2D eigenvalue weighted by molar-refractivity contribution is 0.0372. The van der Waals surface area contributed by atoms with Crippen molar-refractivity contribution in [1.29, 1.82) is 0 Å². The van der Waals surface area contributed by atoms with E-state index in [1.807, 2.05) is 0 Å². The Hall–Kier alpha value is -2.38. The summed E-state index contributed by atoms with van der Waals surface area (Å²) in [5.74, 6) is 0.801. The van der Waals surface area contributed by atoms with Crippen molar-refractivity contribution in [3.63, 3.8) is 0 Å². The van der Waals surface area contributed by atoms with E-state index in [1.54, 1.807) is 24.3 Å². The molecule has 0 spiro atoms. The smallest absolute Gasteiger partial charge is 0.286 e. The number of amides is 1. The lowest BCUT2D eigenvalue weighted by Gasteiger charge is -2.26. The molecule has 7 heteroatoms. The lowest BCUT2D eigenvalue weighted by atomic mass is 10.2. The van der Waals surface area contributed by atoms with Crippen molar-refractivity contribution in [3.8, 4) is 5.75 Å². The molecule has 0 bridgehead atoms. The van der Waals surface area contributed by atoms with Gasteiger partial charge in [-0.25, -0.2) is 4.39 Å². The highest BCUT2D eigenvalue weighted by Gasteiger charge is 2.12. The summed E-state index contributed by atoms with van der Waals surface area (Å²) in [6.07, 6.45) is 1.96. The van der Waals surface area contributed by atoms with Crippen LogP contribution in [0.4, 0.5) is 4.39 Å². The summed E-state index contributed by atoms with van der Waals surface area (Å²) in [7, 11) is 0. The van der Waals surface area contributed by atoms with Gasteiger partial charge in [0.25, 0.3) is 5.91 Å². The van der Waals surface area contributed by atoms with Crippen molar-refractivity contribution in [3.05, 3.63) is 53.7 Å². The number of hydrogen-bond acceptors (Lipinski definition) is 5. The van der Waals surface area contributed by atoms with Gasteiger partial charge in [0.05, 0.1) is 13.2 Å². The zero-order valence-corrected chi connectivity index (χ0v) is 15.3. The monoisotopic (exact) mass is 376 g/mol. The molecule has 1 N–H and O–H groups in total. The molecule has 0 aliphatic carbocycles. The van der Waals surface area contributed by atoms with E-state index in [9.17, 15) is 9.18 Å². The van der Waals surface area contributed by atoms with Gasteiger partial charge in [-0.2, -0.15) is 0 Å². The maximum atomic E-state index is 12.9. The van der Waals surface area contributed by atoms with E-state index in [1.165, 1.54) is 12.1 Å². The van der Waals surface area contributed by atoms with E-state index in [-0.39, 0.29) is 24.1 Å². The number of nitrogens with one attached hydrogen (secondary N) is 1. The third-order valence-electron chi connectivity index (χ3n) is 4.37. The van der Waals surface area contributed by atoms with E-state index < -0.39 is 0 Å². The average molecular weight is 376 g/mol. The second kappa shape index (κ2) is 10.1. The van der Waals surface area contributed by atoms with Gasteiger partial charge in [-0.3, -0.25) is 9.69 Å². The highest BCUT2D eigenvalue weighted by molar-refractivity contribution is 5.91. The number of halogens is 1. The minimum absolute atomic E-state index is 0.179. The molecule has 1 aromatic carbocycles. The molecule has 1 saturated heterocycles. The van der Waals surface area contributed by atoms with Gasteiger partial charge >= 0.3 is 0 Å². The van der Waals surface area contributed by atoms with Crippen LogP contribution < -0.4 is 10.1 Å². The van der Waals surface area contributed by atoms with Gasteiger partial charge in [0.15, 0.2) is 5.76 Å². The number of nitrogens with zero attached hydrogens (tertiary/aromatic N) is 1. The maximum absolute atomic E-state index is 12.9. The van der Waals surface area contributed by atoms with Gasteiger partial charge in [0, 0.05) is 19.6 Å². The van der Waals surface area contributed by atoms with Crippen molar-refractivity contribution in [1.82, 2.24) is 10.2 Å². The van der Waals surface area contributed by atoms with Gasteiger partial charge in [0.2, 0.25) is 0 Å². The molecule has 1 aromatic heterocycles. The van der Waals surface area contributed by atoms with Gasteiger partial charge in [-0.1, -0.05) is 0 Å². The fourth-order valence-electron chi connectivity index (χ4n) is 2.84. The van der Waals surface area contributed by atoms with Crippen LogP contribution in [0.15, 0.2) is 40.8 Å². The largest absolute Gasteiger partial charge is 0.486 e. The summed E-state index contributed by atoms with van der Waals surface area (Å²) >= 11 is 0. The zero-order valence-electron chi connectivity index (χ0n) is 15.3. The molecule has 1 aliphatic heterocycles. The molecule has 1 fully saturated rings. The summed E-state index contributed by atoms with van der Waals surface area (Å²) < 4.78 is 29.2. The molecule has 0 radical (unpaired) electrons. The van der Waals surface area contributed by atoms with E-state index in [0.717, 1.165) is 45.7 Å². The fraction of sp³-hybridized carbons (Fsp3) is 0.450. The van der Waals surface area contributed by atoms with Crippen molar-refractivity contribution < 1.29 is 23.1 Å². The minimum Gasteiger partial charge on any atom is -0.486 e. The maximum Gasteiger partial charge on any atom is 0.286 e. The van der Waals surface area contributed by atoms with Crippen LogP contribution in [0.5, 0.6) is 5.75 Å². The standard InChI is InChI=1S/C20H25FN2O4/c21-16-3-5-17(6-4-16)26-15-18-7-8-19(27-18)20(24)22-9-1-2-10-23-11-13-25-14-12-23/h3-8H,1-2,9-15H2,(H,22,24). The second-order valence-electron chi connectivity index (χ2n) is 6.43. The number of carbonyl (C=O) groups excluding carboxylic acids is 1. The predicted molar refractivity (Wildman–Crippen MR) is 98.3 cm³/mol. The van der Waals surface area contributed by atoms with Crippen LogP contribution in [0.1, 0.15) is 29.2 Å². The van der Waals surface area contributed by atoms with Gasteiger partial charge in [0.1, 0.15) is 23.9 Å². The minimum atomic E-state index is -0.316. The van der Waals surface area contributed by atoms with E-state index in [0.29, 0.717) is 18.1 Å². The van der Waals surface area contributed by atoms with Crippen LogP contribution in [-0.4, -0.2) is 50.2 Å². The Labute approximate surface area is 158 Å². The number of hydrogen-bond donors (Lipinski definition) is 1. The SMILES string of the molecule is O=C(NCCCCN1CCOCC1)c1ccc(COc2ccc(F)cc2)o1. The molecular formula is C20H25FN2O4. The number of morpholine rings is 1. The molecular weight excluding hydrogens is 351 g/mol. The average Bonchev–Trinajstić information content (AvgIpc) is 3.17. The number of carbonyl (C=O) groups is 1. The number of furan rings is 1. The van der Waals surface area contributed by atoms with Gasteiger partial charge < -0.3 is 19.2 Å². The van der Waals surface area contributed by atoms with Gasteiger partial charge in [-0.05, 0) is 55.8 Å². The van der Waals surface area contributed by atoms with E-state index in [4.69, 9.17) is 13.9 Å². The molecule has 6 nitrogen and oxygen atoms in total. The van der Waals surface area contributed by atoms with Crippen LogP contribution in [0.25, 0.3) is 0 Å². The molecule has 1 aliphatic rings. The molecule has 2 aromatic rings. The van der Waals surface area contributed by atoms with Crippen molar-refractivity contribution in [2.75, 3.05) is 39.4 Å². The van der Waals surface area contributed by atoms with Crippen LogP contribution in [0.2, 0.25) is 0 Å². The van der Waals surface area contributed by atoms with Crippen molar-refractivity contribution in [2.24, 2.45) is 0 Å². The first kappa shape index (κ1) is 19.4. The summed E-state index contributed by atoms with van der Waals surface area (Å²) in [6, 6.07) is 9.08. The zero-order chi connectivity index (χ0) is 18.9. The molecule has 3 rings (SSSR count). The topological polar surface area (TPSA) is 63.9 Å². The molecule has 0 atom stereocenters. The van der Waals surface area contributed by atoms with Crippen LogP contribution in [0.3, 0.4) is 0 Å². The normalized spacial score (nSPS) is 14.9. The predicted octanol–water partition coefficient (Wildman–Crippen LogP) is 2.84. The first-order valence-corrected chi connectivity index (χ1v) is 9.26. The molecule has 2 heterocycles. The Balaban J connectivity index is 1.33. The highest BCUT2D eigenvalue weighted by atomic mass is 19.1. The number of unbranched alkanes of at least 4 members (excludes halogenated alkanes) is 1. The number of rotatable bonds is 9. The first-order chi connectivity index (χ1) is 13.2. The Morgan fingerprint density at radius 2 is 1.89 bits per heavy atom. The molecule has 146 valence electrons. The number of benzene rings is 1. The molecule has 27 heavy (non-hydrogen) atoms. The Morgan fingerprint density at radius 3 is 2.67 bits per heavy atom. The fourth-order valence-corrected chi connectivity index (χ4v) is 2.84. The summed E-state index contributed by atoms with van der Waals surface area (Å²) in [4.78, 5) is 14.5. The van der Waals surface area contributed by atoms with Crippen LogP contribution in [0, 0.1) is 5.82 Å². The number of ether oxygens (including phenoxy) is 2. The first-order valence-electron chi connectivity index (χ1n) is 9.26. The van der Waals surface area contributed by atoms with Crippen LogP contribution >= 0.6 is 0 Å². The summed E-state index contributed by atoms with van der Waals surface area (Å²) in [5.41, 5.74) is 0. The Morgan fingerprint density at radius 1 is 1.11 bits per heavy atom. The third-order valence-corrected chi connectivity index (χ3v) is 4.37. The Bertz CT molecular complexity index is 711. The third kappa shape index (κ3) is 6.37. The van der Waals surface area contributed by atoms with E-state index in [2.05, 4.69) is 10.2 Å². The van der Waals surface area contributed by atoms with Gasteiger partial charge in [-0.15, -0.1) is 0 Å².